The van der Waals surface area contributed by atoms with Crippen molar-refractivity contribution in [1.29, 1.82) is 0 Å². The molecule has 2 aromatic carbocycles. The number of amides is 2. The van der Waals surface area contributed by atoms with Crippen LogP contribution in [0.4, 0.5) is 14.9 Å². The average molecular weight is 484 g/mol. The first kappa shape index (κ1) is 25.5. The number of anilines is 1. The second kappa shape index (κ2) is 11.4. The summed E-state index contributed by atoms with van der Waals surface area (Å²) in [6, 6.07) is 14.0. The van der Waals surface area contributed by atoms with Gasteiger partial charge in [-0.25, -0.2) is 9.18 Å². The molecule has 2 fully saturated rings. The number of β-amino-alcohol motifs (C(OH)–C–C–N with tert-alkyl or cyclic N) is 1. The van der Waals surface area contributed by atoms with Crippen LogP contribution >= 0.6 is 0 Å². The van der Waals surface area contributed by atoms with E-state index in [0.717, 1.165) is 45.1 Å². The van der Waals surface area contributed by atoms with Gasteiger partial charge in [0.2, 0.25) is 0 Å². The van der Waals surface area contributed by atoms with Gasteiger partial charge in [0.05, 0.1) is 12.7 Å². The smallest absolute Gasteiger partial charge is 0.319 e. The average Bonchev–Trinajstić information content (AvgIpc) is 3.41. The second-order valence-electron chi connectivity index (χ2n) is 10.2. The lowest BCUT2D eigenvalue weighted by Gasteiger charge is -2.44. The number of hydrogen-bond donors (Lipinski definition) is 3. The quantitative estimate of drug-likeness (QED) is 0.486. The van der Waals surface area contributed by atoms with Crippen LogP contribution in [0.2, 0.25) is 0 Å². The Kier molecular flexibility index (Phi) is 8.29. The monoisotopic (exact) mass is 483 g/mol. The van der Waals surface area contributed by atoms with E-state index in [9.17, 15) is 14.3 Å². The number of rotatable bonds is 8. The molecule has 1 aliphatic carbocycles. The number of ether oxygens (including phenoxy) is 1. The maximum atomic E-state index is 13.3. The van der Waals surface area contributed by atoms with Crippen LogP contribution in [0.1, 0.15) is 56.9 Å². The number of nitrogens with zero attached hydrogens (tertiary/aromatic N) is 1. The van der Waals surface area contributed by atoms with E-state index in [2.05, 4.69) is 22.5 Å². The lowest BCUT2D eigenvalue weighted by molar-refractivity contribution is -0.0544. The van der Waals surface area contributed by atoms with Crippen molar-refractivity contribution >= 4 is 11.7 Å². The van der Waals surface area contributed by atoms with Gasteiger partial charge < -0.3 is 20.5 Å². The third kappa shape index (κ3) is 6.53. The SMILES string of the molecule is COc1cccc(NC(=O)NC[C@@](O)(CN2CCC(c3ccc(F)cc3)CC2C)C2CCCC2)c1. The summed E-state index contributed by atoms with van der Waals surface area (Å²) in [5.74, 6) is 1.03. The minimum absolute atomic E-state index is 0.168. The Labute approximate surface area is 207 Å². The first-order valence-electron chi connectivity index (χ1n) is 12.8. The highest BCUT2D eigenvalue weighted by molar-refractivity contribution is 5.89. The zero-order valence-corrected chi connectivity index (χ0v) is 20.8. The first-order chi connectivity index (χ1) is 16.9. The topological polar surface area (TPSA) is 73.8 Å². The molecule has 0 aromatic heterocycles. The van der Waals surface area contributed by atoms with Crippen LogP contribution in [-0.4, -0.2) is 54.4 Å². The molecule has 4 rings (SSSR count). The van der Waals surface area contributed by atoms with Gasteiger partial charge in [0, 0.05) is 30.9 Å². The van der Waals surface area contributed by atoms with E-state index < -0.39 is 5.60 Å². The van der Waals surface area contributed by atoms with Crippen molar-refractivity contribution in [3.05, 3.63) is 59.9 Å². The molecule has 7 heteroatoms. The number of halogens is 1. The number of benzene rings is 2. The Bertz CT molecular complexity index is 980. The first-order valence-corrected chi connectivity index (χ1v) is 12.8. The van der Waals surface area contributed by atoms with Crippen LogP contribution < -0.4 is 15.4 Å². The van der Waals surface area contributed by atoms with E-state index in [1.54, 1.807) is 19.2 Å². The molecule has 1 heterocycles. The molecule has 1 aliphatic heterocycles. The molecular weight excluding hydrogens is 445 g/mol. The lowest BCUT2D eigenvalue weighted by Crippen LogP contribution is -2.57. The molecule has 35 heavy (non-hydrogen) atoms. The molecule has 1 saturated heterocycles. The van der Waals surface area contributed by atoms with Gasteiger partial charge in [-0.2, -0.15) is 0 Å². The van der Waals surface area contributed by atoms with Crippen molar-refractivity contribution in [1.82, 2.24) is 10.2 Å². The molecule has 2 aromatic rings. The van der Waals surface area contributed by atoms with E-state index in [4.69, 9.17) is 4.74 Å². The van der Waals surface area contributed by atoms with Gasteiger partial charge in [0.25, 0.3) is 0 Å². The van der Waals surface area contributed by atoms with Gasteiger partial charge in [-0.1, -0.05) is 31.0 Å². The highest BCUT2D eigenvalue weighted by Gasteiger charge is 2.41. The molecule has 190 valence electrons. The minimum Gasteiger partial charge on any atom is -0.497 e. The van der Waals surface area contributed by atoms with Crippen LogP contribution in [0.15, 0.2) is 48.5 Å². The number of urea groups is 1. The number of carbonyl (C=O) groups is 1. The zero-order valence-electron chi connectivity index (χ0n) is 20.8. The fourth-order valence-electron chi connectivity index (χ4n) is 5.75. The summed E-state index contributed by atoms with van der Waals surface area (Å²) in [5.41, 5.74) is 0.835. The number of likely N-dealkylation sites (tertiary alicyclic amines) is 1. The molecule has 0 radical (unpaired) electrons. The third-order valence-electron chi connectivity index (χ3n) is 7.83. The van der Waals surface area contributed by atoms with Gasteiger partial charge in [-0.05, 0) is 80.8 Å². The minimum atomic E-state index is -0.987. The van der Waals surface area contributed by atoms with Crippen molar-refractivity contribution in [2.45, 2.75) is 63.0 Å². The molecule has 6 nitrogen and oxygen atoms in total. The molecule has 3 N–H and O–H groups in total. The number of aliphatic hydroxyl groups is 1. The van der Waals surface area contributed by atoms with Crippen molar-refractivity contribution < 1.29 is 19.0 Å². The van der Waals surface area contributed by atoms with Gasteiger partial charge >= 0.3 is 6.03 Å². The van der Waals surface area contributed by atoms with Crippen molar-refractivity contribution in [2.24, 2.45) is 5.92 Å². The van der Waals surface area contributed by atoms with Crippen LogP contribution in [-0.2, 0) is 0 Å². The summed E-state index contributed by atoms with van der Waals surface area (Å²) in [4.78, 5) is 15.0. The summed E-state index contributed by atoms with van der Waals surface area (Å²) in [6.07, 6.45) is 6.14. The Morgan fingerprint density at radius 1 is 1.17 bits per heavy atom. The number of hydrogen-bond acceptors (Lipinski definition) is 4. The normalized spacial score (nSPS) is 23.0. The Balaban J connectivity index is 1.37. The van der Waals surface area contributed by atoms with E-state index in [0.29, 0.717) is 23.9 Å². The molecule has 2 aliphatic rings. The number of nitrogens with one attached hydrogen (secondary N) is 2. The Morgan fingerprint density at radius 3 is 2.60 bits per heavy atom. The van der Waals surface area contributed by atoms with Crippen LogP contribution in [0.3, 0.4) is 0 Å². The predicted molar refractivity (Wildman–Crippen MR) is 136 cm³/mol. The lowest BCUT2D eigenvalue weighted by atomic mass is 9.82. The molecular formula is C28H38FN3O3. The highest BCUT2D eigenvalue weighted by Crippen LogP contribution is 2.37. The molecule has 1 saturated carbocycles. The van der Waals surface area contributed by atoms with Gasteiger partial charge in [0.15, 0.2) is 0 Å². The number of carbonyl (C=O) groups excluding carboxylic acids is 1. The summed E-state index contributed by atoms with van der Waals surface area (Å²) in [5, 5.41) is 17.6. The van der Waals surface area contributed by atoms with E-state index in [1.807, 2.05) is 24.3 Å². The predicted octanol–water partition coefficient (Wildman–Crippen LogP) is 5.15. The molecule has 2 amide bonds. The summed E-state index contributed by atoms with van der Waals surface area (Å²) >= 11 is 0. The van der Waals surface area contributed by atoms with E-state index >= 15 is 0 Å². The van der Waals surface area contributed by atoms with E-state index in [-0.39, 0.29) is 30.4 Å². The molecule has 2 unspecified atom stereocenters. The van der Waals surface area contributed by atoms with Crippen molar-refractivity contribution in [3.63, 3.8) is 0 Å². The fourth-order valence-corrected chi connectivity index (χ4v) is 5.75. The summed E-state index contributed by atoms with van der Waals surface area (Å²) in [6.45, 7) is 3.81. The number of piperidine rings is 1. The Morgan fingerprint density at radius 2 is 1.91 bits per heavy atom. The molecule has 0 bridgehead atoms. The van der Waals surface area contributed by atoms with Crippen LogP contribution in [0.5, 0.6) is 5.75 Å². The van der Waals surface area contributed by atoms with Crippen LogP contribution in [0, 0.1) is 11.7 Å². The number of methoxy groups -OCH3 is 1. The summed E-state index contributed by atoms with van der Waals surface area (Å²) in [7, 11) is 1.59. The maximum Gasteiger partial charge on any atom is 0.319 e. The molecule has 3 atom stereocenters. The third-order valence-corrected chi connectivity index (χ3v) is 7.83. The van der Waals surface area contributed by atoms with Crippen molar-refractivity contribution in [3.8, 4) is 5.75 Å². The van der Waals surface area contributed by atoms with Crippen LogP contribution in [0.25, 0.3) is 0 Å². The second-order valence-corrected chi connectivity index (χ2v) is 10.2. The summed E-state index contributed by atoms with van der Waals surface area (Å²) < 4.78 is 18.6. The standard InChI is InChI=1S/C28H38FN3O3/c1-20-16-22(21-10-12-24(29)13-11-21)14-15-32(20)19-28(34,23-6-3-4-7-23)18-30-27(33)31-25-8-5-9-26(17-25)35-2/h5,8-13,17,20,22-23,34H,3-4,6-7,14-16,18-19H2,1-2H3,(H2,30,31,33)/t20?,22?,28-/m1/s1. The fraction of sp³-hybridized carbons (Fsp3) is 0.536. The van der Waals surface area contributed by atoms with Gasteiger partial charge in [-0.3, -0.25) is 4.90 Å². The van der Waals surface area contributed by atoms with Gasteiger partial charge in [0.1, 0.15) is 11.6 Å². The largest absolute Gasteiger partial charge is 0.497 e. The van der Waals surface area contributed by atoms with Gasteiger partial charge in [-0.15, -0.1) is 0 Å². The highest BCUT2D eigenvalue weighted by atomic mass is 19.1. The van der Waals surface area contributed by atoms with Crippen molar-refractivity contribution in [2.75, 3.05) is 32.1 Å². The Hall–Kier alpha value is -2.64. The van der Waals surface area contributed by atoms with E-state index in [1.165, 1.54) is 17.7 Å². The maximum absolute atomic E-state index is 13.3. The zero-order chi connectivity index (χ0) is 24.8. The molecule has 0 spiro atoms.